The third-order valence-electron chi connectivity index (χ3n) is 4.00. The molecule has 3 aromatic rings. The number of nitrogens with zero attached hydrogens (tertiary/aromatic N) is 1. The lowest BCUT2D eigenvalue weighted by molar-refractivity contribution is -0.385. The summed E-state index contributed by atoms with van der Waals surface area (Å²) >= 11 is 0. The summed E-state index contributed by atoms with van der Waals surface area (Å²) < 4.78 is 0. The molecule has 3 rings (SSSR count). The third-order valence-corrected chi connectivity index (χ3v) is 4.00. The lowest BCUT2D eigenvalue weighted by Gasteiger charge is -2.08. The molecule has 26 heavy (non-hydrogen) atoms. The monoisotopic (exact) mass is 352 g/mol. The van der Waals surface area contributed by atoms with Gasteiger partial charge in [-0.15, -0.1) is 0 Å². The van der Waals surface area contributed by atoms with E-state index >= 15 is 0 Å². The summed E-state index contributed by atoms with van der Waals surface area (Å²) in [7, 11) is 0. The van der Waals surface area contributed by atoms with Crippen LogP contribution >= 0.6 is 0 Å². The molecule has 8 heteroatoms. The Kier molecular flexibility index (Phi) is 4.66. The van der Waals surface area contributed by atoms with Crippen LogP contribution in [0.25, 0.3) is 10.9 Å². The Balaban J connectivity index is 1.61. The molecule has 132 valence electrons. The number of nitro benzene ring substituents is 1. The number of aryl methyl sites for hydroxylation is 1. The normalized spacial score (nSPS) is 10.5. The van der Waals surface area contributed by atoms with Crippen molar-refractivity contribution in [3.8, 4) is 0 Å². The highest BCUT2D eigenvalue weighted by atomic mass is 16.6. The molecule has 0 atom stereocenters. The minimum atomic E-state index is -0.546. The van der Waals surface area contributed by atoms with Gasteiger partial charge in [0.1, 0.15) is 0 Å². The largest absolute Gasteiger partial charge is 0.361 e. The van der Waals surface area contributed by atoms with Gasteiger partial charge in [-0.05, 0) is 30.7 Å². The van der Waals surface area contributed by atoms with Gasteiger partial charge in [0.15, 0.2) is 0 Å². The van der Waals surface area contributed by atoms with E-state index in [1.54, 1.807) is 13.1 Å². The van der Waals surface area contributed by atoms with Crippen LogP contribution in [0, 0.1) is 17.0 Å². The van der Waals surface area contributed by atoms with Crippen LogP contribution in [-0.4, -0.2) is 21.7 Å². The summed E-state index contributed by atoms with van der Waals surface area (Å²) in [4.78, 5) is 37.5. The molecule has 1 heterocycles. The van der Waals surface area contributed by atoms with Gasteiger partial charge >= 0.3 is 0 Å². The lowest BCUT2D eigenvalue weighted by atomic mass is 10.1. The molecule has 8 nitrogen and oxygen atoms in total. The number of hydrazine groups is 1. The van der Waals surface area contributed by atoms with Crippen molar-refractivity contribution in [2.45, 2.75) is 13.3 Å². The van der Waals surface area contributed by atoms with E-state index in [9.17, 15) is 19.7 Å². The molecule has 3 N–H and O–H groups in total. The highest BCUT2D eigenvalue weighted by Gasteiger charge is 2.15. The Morgan fingerprint density at radius 3 is 2.65 bits per heavy atom. The number of rotatable bonds is 4. The van der Waals surface area contributed by atoms with Gasteiger partial charge in [0.2, 0.25) is 5.91 Å². The number of aromatic amines is 1. The van der Waals surface area contributed by atoms with Gasteiger partial charge < -0.3 is 4.98 Å². The van der Waals surface area contributed by atoms with Crippen LogP contribution in [-0.2, 0) is 11.2 Å². The summed E-state index contributed by atoms with van der Waals surface area (Å²) in [5, 5.41) is 11.8. The second kappa shape index (κ2) is 7.06. The fourth-order valence-electron chi connectivity index (χ4n) is 2.70. The minimum Gasteiger partial charge on any atom is -0.361 e. The van der Waals surface area contributed by atoms with Crippen molar-refractivity contribution in [3.63, 3.8) is 0 Å². The van der Waals surface area contributed by atoms with Gasteiger partial charge in [0.05, 0.1) is 11.3 Å². The number of aromatic nitrogens is 1. The van der Waals surface area contributed by atoms with Crippen molar-refractivity contribution in [3.05, 3.63) is 75.5 Å². The zero-order valence-corrected chi connectivity index (χ0v) is 13.9. The molecule has 0 aliphatic carbocycles. The molecule has 0 saturated carbocycles. The lowest BCUT2D eigenvalue weighted by Crippen LogP contribution is -2.42. The van der Waals surface area contributed by atoms with E-state index in [1.807, 2.05) is 24.3 Å². The second-order valence-corrected chi connectivity index (χ2v) is 5.80. The number of amides is 2. The zero-order valence-electron chi connectivity index (χ0n) is 13.9. The number of para-hydroxylation sites is 1. The first kappa shape index (κ1) is 17.2. The molecule has 0 bridgehead atoms. The molecule has 0 fully saturated rings. The smallest absolute Gasteiger partial charge is 0.272 e. The molecule has 0 saturated heterocycles. The fourth-order valence-corrected chi connectivity index (χ4v) is 2.70. The summed E-state index contributed by atoms with van der Waals surface area (Å²) in [5.74, 6) is -0.919. The molecular formula is C18H16N4O4. The van der Waals surface area contributed by atoms with Gasteiger partial charge in [-0.2, -0.15) is 0 Å². The highest BCUT2D eigenvalue weighted by Crippen LogP contribution is 2.19. The van der Waals surface area contributed by atoms with E-state index < -0.39 is 10.8 Å². The zero-order chi connectivity index (χ0) is 18.7. The van der Waals surface area contributed by atoms with E-state index in [2.05, 4.69) is 15.8 Å². The van der Waals surface area contributed by atoms with Crippen molar-refractivity contribution >= 4 is 28.4 Å². The summed E-state index contributed by atoms with van der Waals surface area (Å²) in [6.07, 6.45) is 1.86. The average Bonchev–Trinajstić information content (AvgIpc) is 3.02. The first-order valence-electron chi connectivity index (χ1n) is 7.85. The molecule has 2 aromatic carbocycles. The number of hydrogen-bond acceptors (Lipinski definition) is 4. The van der Waals surface area contributed by atoms with E-state index in [0.29, 0.717) is 5.56 Å². The van der Waals surface area contributed by atoms with Crippen LogP contribution in [0.1, 0.15) is 21.5 Å². The molecule has 0 spiro atoms. The Hall–Kier alpha value is -3.68. The van der Waals surface area contributed by atoms with E-state index in [4.69, 9.17) is 0 Å². The average molecular weight is 352 g/mol. The number of H-pyrrole nitrogens is 1. The van der Waals surface area contributed by atoms with E-state index in [1.165, 1.54) is 18.2 Å². The number of fused-ring (bicyclic) bond motifs is 1. The van der Waals surface area contributed by atoms with Crippen LogP contribution in [0.4, 0.5) is 5.69 Å². The number of nitro groups is 1. The number of hydrogen-bond donors (Lipinski definition) is 3. The highest BCUT2D eigenvalue weighted by molar-refractivity contribution is 5.96. The van der Waals surface area contributed by atoms with Crippen LogP contribution < -0.4 is 10.9 Å². The number of carbonyl (C=O) groups excluding carboxylic acids is 2. The Labute approximate surface area is 148 Å². The topological polar surface area (TPSA) is 117 Å². The SMILES string of the molecule is Cc1cc(C(=O)NNC(=O)Cc2c[nH]c3ccccc23)ccc1[N+](=O)[O-]. The molecule has 1 aromatic heterocycles. The minimum absolute atomic E-state index is 0.0649. The maximum Gasteiger partial charge on any atom is 0.272 e. The summed E-state index contributed by atoms with van der Waals surface area (Å²) in [5.41, 5.74) is 6.95. The van der Waals surface area contributed by atoms with Crippen molar-refractivity contribution in [1.29, 1.82) is 0 Å². The van der Waals surface area contributed by atoms with Gasteiger partial charge in [-0.25, -0.2) is 0 Å². The Bertz CT molecular complexity index is 1010. The van der Waals surface area contributed by atoms with Gasteiger partial charge in [0.25, 0.3) is 11.6 Å². The third kappa shape index (κ3) is 3.54. The van der Waals surface area contributed by atoms with Crippen LogP contribution in [0.2, 0.25) is 0 Å². The van der Waals surface area contributed by atoms with Crippen molar-refractivity contribution in [2.24, 2.45) is 0 Å². The van der Waals surface area contributed by atoms with Crippen LogP contribution in [0.3, 0.4) is 0 Å². The Morgan fingerprint density at radius 1 is 1.15 bits per heavy atom. The van der Waals surface area contributed by atoms with Crippen LogP contribution in [0.5, 0.6) is 0 Å². The molecule has 0 radical (unpaired) electrons. The predicted molar refractivity (Wildman–Crippen MR) is 95.4 cm³/mol. The molecule has 0 unspecified atom stereocenters. The van der Waals surface area contributed by atoms with Gasteiger partial charge in [0, 0.05) is 34.3 Å². The van der Waals surface area contributed by atoms with Gasteiger partial charge in [-0.3, -0.25) is 30.6 Å². The van der Waals surface area contributed by atoms with Crippen molar-refractivity contribution in [1.82, 2.24) is 15.8 Å². The molecule has 2 amide bonds. The van der Waals surface area contributed by atoms with E-state index in [-0.39, 0.29) is 23.6 Å². The first-order valence-corrected chi connectivity index (χ1v) is 7.85. The summed E-state index contributed by atoms with van der Waals surface area (Å²) in [6.45, 7) is 1.55. The quantitative estimate of drug-likeness (QED) is 0.493. The number of nitrogens with one attached hydrogen (secondary N) is 3. The maximum atomic E-state index is 12.1. The fraction of sp³-hybridized carbons (Fsp3) is 0.111. The molecule has 0 aliphatic heterocycles. The van der Waals surface area contributed by atoms with Gasteiger partial charge in [-0.1, -0.05) is 18.2 Å². The van der Waals surface area contributed by atoms with Crippen LogP contribution in [0.15, 0.2) is 48.7 Å². The van der Waals surface area contributed by atoms with E-state index in [0.717, 1.165) is 16.5 Å². The van der Waals surface area contributed by atoms with Crippen molar-refractivity contribution < 1.29 is 14.5 Å². The maximum absolute atomic E-state index is 12.1. The molecule has 0 aliphatic rings. The standard InChI is InChI=1S/C18H16N4O4/c1-11-8-12(6-7-16(11)22(25)26)18(24)21-20-17(23)9-13-10-19-15-5-3-2-4-14(13)15/h2-8,10,19H,9H2,1H3,(H,20,23)(H,21,24). The first-order chi connectivity index (χ1) is 12.5. The summed E-state index contributed by atoms with van der Waals surface area (Å²) in [6, 6.07) is 11.6. The second-order valence-electron chi connectivity index (χ2n) is 5.80. The molecular weight excluding hydrogens is 336 g/mol. The van der Waals surface area contributed by atoms with Crippen molar-refractivity contribution in [2.75, 3.05) is 0 Å². The Morgan fingerprint density at radius 2 is 1.92 bits per heavy atom. The number of benzene rings is 2. The predicted octanol–water partition coefficient (Wildman–Crippen LogP) is 2.39. The number of carbonyl (C=O) groups is 2.